The van der Waals surface area contributed by atoms with Crippen LogP contribution in [-0.2, 0) is 4.79 Å². The molecule has 4 nitrogen and oxygen atoms in total. The maximum absolute atomic E-state index is 11.0. The number of carbonyl (C=O) groups is 1. The second kappa shape index (κ2) is 6.08. The summed E-state index contributed by atoms with van der Waals surface area (Å²) in [6.45, 7) is 4.85. The van der Waals surface area contributed by atoms with Crippen molar-refractivity contribution < 1.29 is 9.90 Å². The lowest BCUT2D eigenvalue weighted by Crippen LogP contribution is -2.46. The molecule has 2 N–H and O–H groups in total. The maximum Gasteiger partial charge on any atom is 0.320 e. The van der Waals surface area contributed by atoms with Crippen LogP contribution in [0.15, 0.2) is 0 Å². The molecule has 0 saturated carbocycles. The summed E-state index contributed by atoms with van der Waals surface area (Å²) in [5.74, 6) is 0.0436. The first-order chi connectivity index (χ1) is 7.19. The SMILES string of the molecule is CCC(C(=O)O)N1CCC(CNC)CC1. The molecule has 4 heteroatoms. The lowest BCUT2D eigenvalue weighted by atomic mass is 9.95. The average molecular weight is 214 g/mol. The van der Waals surface area contributed by atoms with Crippen molar-refractivity contribution >= 4 is 5.97 Å². The molecule has 1 aliphatic heterocycles. The van der Waals surface area contributed by atoms with E-state index in [1.165, 1.54) is 0 Å². The minimum atomic E-state index is -0.676. The Bertz CT molecular complexity index is 201. The van der Waals surface area contributed by atoms with Gasteiger partial charge in [0.2, 0.25) is 0 Å². The van der Waals surface area contributed by atoms with Crippen LogP contribution < -0.4 is 5.32 Å². The van der Waals surface area contributed by atoms with Gasteiger partial charge in [-0.25, -0.2) is 0 Å². The number of hydrogen-bond acceptors (Lipinski definition) is 3. The van der Waals surface area contributed by atoms with Crippen LogP contribution in [-0.4, -0.2) is 48.7 Å². The molecule has 1 unspecified atom stereocenters. The standard InChI is InChI=1S/C11H22N2O2/c1-3-10(11(14)15)13-6-4-9(5-7-13)8-12-2/h9-10,12H,3-8H2,1-2H3,(H,14,15). The van der Waals surface area contributed by atoms with Gasteiger partial charge in [-0.1, -0.05) is 6.92 Å². The van der Waals surface area contributed by atoms with E-state index in [0.717, 1.165) is 38.4 Å². The summed E-state index contributed by atoms with van der Waals surface area (Å²) < 4.78 is 0. The van der Waals surface area contributed by atoms with Crippen LogP contribution in [0.3, 0.4) is 0 Å². The molecule has 1 heterocycles. The van der Waals surface area contributed by atoms with E-state index in [0.29, 0.717) is 6.42 Å². The van der Waals surface area contributed by atoms with Crippen LogP contribution in [0.1, 0.15) is 26.2 Å². The van der Waals surface area contributed by atoms with Crippen LogP contribution >= 0.6 is 0 Å². The van der Waals surface area contributed by atoms with Crippen LogP contribution in [0.25, 0.3) is 0 Å². The molecule has 0 amide bonds. The van der Waals surface area contributed by atoms with Gasteiger partial charge in [-0.3, -0.25) is 9.69 Å². The molecule has 1 rings (SSSR count). The highest BCUT2D eigenvalue weighted by Gasteiger charge is 2.27. The van der Waals surface area contributed by atoms with Crippen LogP contribution in [0, 0.1) is 5.92 Å². The number of nitrogens with zero attached hydrogens (tertiary/aromatic N) is 1. The van der Waals surface area contributed by atoms with E-state index in [2.05, 4.69) is 10.2 Å². The Morgan fingerprint density at radius 3 is 2.53 bits per heavy atom. The highest BCUT2D eigenvalue weighted by molar-refractivity contribution is 5.73. The summed E-state index contributed by atoms with van der Waals surface area (Å²) in [5, 5.41) is 12.2. The minimum absolute atomic E-state index is 0.277. The predicted octanol–water partition coefficient (Wildman–Crippen LogP) is 0.781. The number of carboxylic acids is 1. The molecule has 0 spiro atoms. The molecule has 0 bridgehead atoms. The summed E-state index contributed by atoms with van der Waals surface area (Å²) in [4.78, 5) is 13.1. The Morgan fingerprint density at radius 2 is 2.13 bits per heavy atom. The molecular weight excluding hydrogens is 192 g/mol. The zero-order valence-corrected chi connectivity index (χ0v) is 9.70. The summed E-state index contributed by atoms with van der Waals surface area (Å²) in [6.07, 6.45) is 2.93. The largest absolute Gasteiger partial charge is 0.480 e. The highest BCUT2D eigenvalue weighted by atomic mass is 16.4. The molecule has 0 aliphatic carbocycles. The first-order valence-electron chi connectivity index (χ1n) is 5.80. The van der Waals surface area contributed by atoms with Gasteiger partial charge in [-0.05, 0) is 51.9 Å². The van der Waals surface area contributed by atoms with Gasteiger partial charge in [0.15, 0.2) is 0 Å². The molecule has 0 aromatic heterocycles. The quantitative estimate of drug-likeness (QED) is 0.710. The van der Waals surface area contributed by atoms with Crippen LogP contribution in [0.2, 0.25) is 0 Å². The van der Waals surface area contributed by atoms with E-state index in [1.807, 2.05) is 14.0 Å². The van der Waals surface area contributed by atoms with Gasteiger partial charge in [0.1, 0.15) is 6.04 Å². The number of nitrogens with one attached hydrogen (secondary N) is 1. The lowest BCUT2D eigenvalue weighted by molar-refractivity contribution is -0.144. The zero-order chi connectivity index (χ0) is 11.3. The van der Waals surface area contributed by atoms with Gasteiger partial charge in [0.25, 0.3) is 0 Å². The maximum atomic E-state index is 11.0. The van der Waals surface area contributed by atoms with E-state index in [4.69, 9.17) is 5.11 Å². The summed E-state index contributed by atoms with van der Waals surface area (Å²) in [7, 11) is 1.97. The van der Waals surface area contributed by atoms with Crippen molar-refractivity contribution in [2.75, 3.05) is 26.7 Å². The molecule has 0 aromatic carbocycles. The van der Waals surface area contributed by atoms with Crippen molar-refractivity contribution in [1.29, 1.82) is 0 Å². The van der Waals surface area contributed by atoms with E-state index < -0.39 is 5.97 Å². The molecule has 1 aliphatic rings. The van der Waals surface area contributed by atoms with Gasteiger partial charge in [-0.2, -0.15) is 0 Å². The average Bonchev–Trinajstić information content (AvgIpc) is 2.21. The topological polar surface area (TPSA) is 52.6 Å². The normalized spacial score (nSPS) is 21.5. The van der Waals surface area contributed by atoms with Gasteiger partial charge in [-0.15, -0.1) is 0 Å². The van der Waals surface area contributed by atoms with E-state index >= 15 is 0 Å². The molecule has 1 fully saturated rings. The van der Waals surface area contributed by atoms with Gasteiger partial charge < -0.3 is 10.4 Å². The van der Waals surface area contributed by atoms with E-state index in [1.54, 1.807) is 0 Å². The Hall–Kier alpha value is -0.610. The Kier molecular flexibility index (Phi) is 5.05. The second-order valence-corrected chi connectivity index (χ2v) is 4.30. The smallest absolute Gasteiger partial charge is 0.320 e. The number of rotatable bonds is 5. The Balaban J connectivity index is 2.38. The van der Waals surface area contributed by atoms with Gasteiger partial charge >= 0.3 is 5.97 Å². The molecule has 1 saturated heterocycles. The van der Waals surface area contributed by atoms with Crippen molar-refractivity contribution in [3.8, 4) is 0 Å². The summed E-state index contributed by atoms with van der Waals surface area (Å²) in [6, 6.07) is -0.277. The van der Waals surface area contributed by atoms with Crippen molar-refractivity contribution in [3.63, 3.8) is 0 Å². The van der Waals surface area contributed by atoms with Crippen molar-refractivity contribution in [2.24, 2.45) is 5.92 Å². The fraction of sp³-hybridized carbons (Fsp3) is 0.909. The van der Waals surface area contributed by atoms with Gasteiger partial charge in [0, 0.05) is 0 Å². The third-order valence-corrected chi connectivity index (χ3v) is 3.25. The number of likely N-dealkylation sites (tertiary alicyclic amines) is 1. The van der Waals surface area contributed by atoms with Crippen LogP contribution in [0.5, 0.6) is 0 Å². The zero-order valence-electron chi connectivity index (χ0n) is 9.70. The number of piperidine rings is 1. The lowest BCUT2D eigenvalue weighted by Gasteiger charge is -2.35. The predicted molar refractivity (Wildman–Crippen MR) is 59.9 cm³/mol. The van der Waals surface area contributed by atoms with Gasteiger partial charge in [0.05, 0.1) is 0 Å². The highest BCUT2D eigenvalue weighted by Crippen LogP contribution is 2.19. The molecule has 0 radical (unpaired) electrons. The molecule has 88 valence electrons. The fourth-order valence-corrected chi connectivity index (χ4v) is 2.35. The summed E-state index contributed by atoms with van der Waals surface area (Å²) >= 11 is 0. The minimum Gasteiger partial charge on any atom is -0.480 e. The first-order valence-corrected chi connectivity index (χ1v) is 5.80. The van der Waals surface area contributed by atoms with Crippen LogP contribution in [0.4, 0.5) is 0 Å². The third kappa shape index (κ3) is 3.47. The van der Waals surface area contributed by atoms with E-state index in [-0.39, 0.29) is 6.04 Å². The Labute approximate surface area is 91.6 Å². The van der Waals surface area contributed by atoms with Crippen molar-refractivity contribution in [3.05, 3.63) is 0 Å². The van der Waals surface area contributed by atoms with Crippen molar-refractivity contribution in [1.82, 2.24) is 10.2 Å². The molecular formula is C11H22N2O2. The van der Waals surface area contributed by atoms with E-state index in [9.17, 15) is 4.79 Å². The molecule has 1 atom stereocenters. The Morgan fingerprint density at radius 1 is 1.53 bits per heavy atom. The number of carboxylic acid groups (broad SMARTS) is 1. The molecule has 15 heavy (non-hydrogen) atoms. The second-order valence-electron chi connectivity index (χ2n) is 4.30. The fourth-order valence-electron chi connectivity index (χ4n) is 2.35. The molecule has 0 aromatic rings. The summed E-state index contributed by atoms with van der Waals surface area (Å²) in [5.41, 5.74) is 0. The number of hydrogen-bond donors (Lipinski definition) is 2. The monoisotopic (exact) mass is 214 g/mol. The van der Waals surface area contributed by atoms with Crippen molar-refractivity contribution in [2.45, 2.75) is 32.2 Å². The first kappa shape index (κ1) is 12.5. The number of aliphatic carboxylic acids is 1. The third-order valence-electron chi connectivity index (χ3n) is 3.25.